The summed E-state index contributed by atoms with van der Waals surface area (Å²) in [5.41, 5.74) is 0.222. The molecule has 4 nitrogen and oxygen atoms in total. The Hall–Kier alpha value is -0.130. The molecule has 1 fully saturated rings. The van der Waals surface area contributed by atoms with Gasteiger partial charge in [-0.25, -0.2) is 8.42 Å². The minimum atomic E-state index is -2.81. The minimum Gasteiger partial charge on any atom is -0.310 e. The third-order valence-electron chi connectivity index (χ3n) is 4.40. The van der Waals surface area contributed by atoms with Crippen LogP contribution in [-0.4, -0.2) is 56.5 Å². The van der Waals surface area contributed by atoms with Crippen molar-refractivity contribution in [3.05, 3.63) is 0 Å². The molecule has 1 aliphatic rings. The van der Waals surface area contributed by atoms with Gasteiger partial charge < -0.3 is 10.2 Å². The van der Waals surface area contributed by atoms with Gasteiger partial charge in [-0.3, -0.25) is 0 Å². The summed E-state index contributed by atoms with van der Waals surface area (Å²) in [4.78, 5) is 2.44. The molecular weight excluding hydrogens is 260 g/mol. The first-order valence-corrected chi connectivity index (χ1v) is 9.47. The molecule has 0 bridgehead atoms. The Morgan fingerprint density at radius 2 is 1.89 bits per heavy atom. The molecule has 0 spiro atoms. The van der Waals surface area contributed by atoms with Gasteiger partial charge in [-0.2, -0.15) is 0 Å². The molecule has 0 unspecified atom stereocenters. The van der Waals surface area contributed by atoms with Crippen LogP contribution in [0.25, 0.3) is 0 Å². The summed E-state index contributed by atoms with van der Waals surface area (Å²) in [6.07, 6.45) is 4.18. The molecule has 0 atom stereocenters. The van der Waals surface area contributed by atoms with Gasteiger partial charge in [-0.15, -0.1) is 0 Å². The molecule has 0 saturated carbocycles. The third-order valence-corrected chi connectivity index (χ3v) is 6.19. The van der Waals surface area contributed by atoms with Crippen molar-refractivity contribution in [1.82, 2.24) is 10.2 Å². The molecule has 0 aromatic rings. The summed E-state index contributed by atoms with van der Waals surface area (Å²) >= 11 is 0. The topological polar surface area (TPSA) is 49.4 Å². The summed E-state index contributed by atoms with van der Waals surface area (Å²) in [5.74, 6) is 0.598. The number of nitrogens with zero attached hydrogens (tertiary/aromatic N) is 1. The fourth-order valence-electron chi connectivity index (χ4n) is 2.79. The first-order valence-electron chi connectivity index (χ1n) is 7.64. The zero-order chi connectivity index (χ0) is 14.4. The fraction of sp³-hybridized carbons (Fsp3) is 1.00. The van der Waals surface area contributed by atoms with E-state index in [0.29, 0.717) is 5.75 Å². The second kappa shape index (κ2) is 7.60. The highest BCUT2D eigenvalue weighted by Crippen LogP contribution is 2.19. The molecule has 1 saturated heterocycles. The lowest BCUT2D eigenvalue weighted by Gasteiger charge is -2.35. The largest absolute Gasteiger partial charge is 0.310 e. The van der Waals surface area contributed by atoms with Gasteiger partial charge in [-0.05, 0) is 45.3 Å². The Morgan fingerprint density at radius 1 is 1.21 bits per heavy atom. The van der Waals surface area contributed by atoms with Crippen LogP contribution in [0.15, 0.2) is 0 Å². The number of rotatable bonds is 7. The quantitative estimate of drug-likeness (QED) is 0.775. The lowest BCUT2D eigenvalue weighted by Crippen LogP contribution is -2.50. The van der Waals surface area contributed by atoms with Crippen molar-refractivity contribution in [3.63, 3.8) is 0 Å². The van der Waals surface area contributed by atoms with Crippen LogP contribution in [0, 0.1) is 0 Å². The Kier molecular flexibility index (Phi) is 6.77. The van der Waals surface area contributed by atoms with Crippen LogP contribution >= 0.6 is 0 Å². The van der Waals surface area contributed by atoms with E-state index < -0.39 is 9.84 Å². The number of hydrogen-bond acceptors (Lipinski definition) is 4. The molecule has 0 amide bonds. The molecule has 1 rings (SSSR count). The number of sulfone groups is 1. The zero-order valence-electron chi connectivity index (χ0n) is 12.7. The second-order valence-electron chi connectivity index (χ2n) is 5.63. The Morgan fingerprint density at radius 3 is 2.47 bits per heavy atom. The molecule has 19 heavy (non-hydrogen) atoms. The first-order chi connectivity index (χ1) is 8.97. The van der Waals surface area contributed by atoms with Crippen molar-refractivity contribution in [3.8, 4) is 0 Å². The van der Waals surface area contributed by atoms with E-state index in [1.165, 1.54) is 0 Å². The van der Waals surface area contributed by atoms with E-state index >= 15 is 0 Å². The standard InChI is InChI=1S/C14H30N2O2S/c1-4-14(5-2)13-16(10-7-9-15-14)11-8-12-19(17,18)6-3/h15H,4-13H2,1-3H3. The van der Waals surface area contributed by atoms with Gasteiger partial charge in [-0.1, -0.05) is 20.8 Å². The Balaban J connectivity index is 2.48. The molecule has 5 heteroatoms. The van der Waals surface area contributed by atoms with Crippen molar-refractivity contribution in [2.45, 2.75) is 52.0 Å². The van der Waals surface area contributed by atoms with Gasteiger partial charge >= 0.3 is 0 Å². The summed E-state index contributed by atoms with van der Waals surface area (Å²) in [6, 6.07) is 0. The van der Waals surface area contributed by atoms with Crippen LogP contribution in [0.4, 0.5) is 0 Å². The van der Waals surface area contributed by atoms with Crippen LogP contribution in [0.3, 0.4) is 0 Å². The van der Waals surface area contributed by atoms with Crippen molar-refractivity contribution >= 4 is 9.84 Å². The minimum absolute atomic E-state index is 0.222. The predicted octanol–water partition coefficient (Wildman–Crippen LogP) is 1.67. The van der Waals surface area contributed by atoms with Crippen LogP contribution in [0.5, 0.6) is 0 Å². The first kappa shape index (κ1) is 16.9. The van der Waals surface area contributed by atoms with E-state index in [1.54, 1.807) is 6.92 Å². The third kappa shape index (κ3) is 5.40. The van der Waals surface area contributed by atoms with Gasteiger partial charge in [0.05, 0.1) is 5.75 Å². The molecule has 0 aromatic heterocycles. The van der Waals surface area contributed by atoms with E-state index in [4.69, 9.17) is 0 Å². The highest BCUT2D eigenvalue weighted by molar-refractivity contribution is 7.91. The maximum Gasteiger partial charge on any atom is 0.150 e. The van der Waals surface area contributed by atoms with E-state index in [2.05, 4.69) is 24.1 Å². The summed E-state index contributed by atoms with van der Waals surface area (Å²) < 4.78 is 23.0. The highest BCUT2D eigenvalue weighted by Gasteiger charge is 2.29. The molecule has 0 aliphatic carbocycles. The monoisotopic (exact) mass is 290 g/mol. The molecule has 1 N–H and O–H groups in total. The second-order valence-corrected chi connectivity index (χ2v) is 8.11. The molecule has 1 heterocycles. The molecular formula is C14H30N2O2S. The Bertz CT molecular complexity index is 350. The fourth-order valence-corrected chi connectivity index (χ4v) is 3.64. The molecule has 0 radical (unpaired) electrons. The molecule has 1 aliphatic heterocycles. The van der Waals surface area contributed by atoms with E-state index in [-0.39, 0.29) is 11.3 Å². The molecule has 114 valence electrons. The van der Waals surface area contributed by atoms with Gasteiger partial charge in [0.15, 0.2) is 0 Å². The molecule has 0 aromatic carbocycles. The average molecular weight is 290 g/mol. The number of nitrogens with one attached hydrogen (secondary N) is 1. The van der Waals surface area contributed by atoms with Gasteiger partial charge in [0.1, 0.15) is 9.84 Å². The maximum absolute atomic E-state index is 11.5. The predicted molar refractivity (Wildman–Crippen MR) is 81.3 cm³/mol. The normalized spacial score (nSPS) is 21.2. The van der Waals surface area contributed by atoms with Gasteiger partial charge in [0.25, 0.3) is 0 Å². The summed E-state index contributed by atoms with van der Waals surface area (Å²) in [5, 5.41) is 3.68. The van der Waals surface area contributed by atoms with E-state index in [1.807, 2.05) is 0 Å². The van der Waals surface area contributed by atoms with Crippen molar-refractivity contribution in [2.75, 3.05) is 37.7 Å². The van der Waals surface area contributed by atoms with E-state index in [0.717, 1.165) is 51.9 Å². The smallest absolute Gasteiger partial charge is 0.150 e. The van der Waals surface area contributed by atoms with Crippen LogP contribution in [0.1, 0.15) is 46.5 Å². The lowest BCUT2D eigenvalue weighted by molar-refractivity contribution is 0.197. The van der Waals surface area contributed by atoms with Gasteiger partial charge in [0, 0.05) is 17.8 Å². The zero-order valence-corrected chi connectivity index (χ0v) is 13.6. The average Bonchev–Trinajstić information content (AvgIpc) is 2.61. The van der Waals surface area contributed by atoms with Crippen LogP contribution in [0.2, 0.25) is 0 Å². The van der Waals surface area contributed by atoms with Crippen LogP contribution in [-0.2, 0) is 9.84 Å². The van der Waals surface area contributed by atoms with E-state index in [9.17, 15) is 8.42 Å². The van der Waals surface area contributed by atoms with Gasteiger partial charge in [0.2, 0.25) is 0 Å². The van der Waals surface area contributed by atoms with Crippen molar-refractivity contribution in [1.29, 1.82) is 0 Å². The summed E-state index contributed by atoms with van der Waals surface area (Å²) in [7, 11) is -2.81. The summed E-state index contributed by atoms with van der Waals surface area (Å²) in [6.45, 7) is 10.3. The SMILES string of the molecule is CCC1(CC)CN(CCCS(=O)(=O)CC)CCCN1. The van der Waals surface area contributed by atoms with Crippen LogP contribution < -0.4 is 5.32 Å². The maximum atomic E-state index is 11.5. The highest BCUT2D eigenvalue weighted by atomic mass is 32.2. The van der Waals surface area contributed by atoms with Crippen molar-refractivity contribution in [2.24, 2.45) is 0 Å². The number of hydrogen-bond donors (Lipinski definition) is 1. The lowest BCUT2D eigenvalue weighted by atomic mass is 9.92. The Labute approximate surface area is 118 Å². The van der Waals surface area contributed by atoms with Crippen molar-refractivity contribution < 1.29 is 8.42 Å².